The molecule has 0 saturated heterocycles. The van der Waals surface area contributed by atoms with Gasteiger partial charge in [0.15, 0.2) is 5.57 Å². The van der Waals surface area contributed by atoms with E-state index < -0.39 is 40.4 Å². The molecule has 9 nitrogen and oxygen atoms in total. The quantitative estimate of drug-likeness (QED) is 0.130. The monoisotopic (exact) mass is 626 g/mol. The van der Waals surface area contributed by atoms with Gasteiger partial charge in [0.25, 0.3) is 17.4 Å². The van der Waals surface area contributed by atoms with Gasteiger partial charge in [0.05, 0.1) is 21.5 Å². The van der Waals surface area contributed by atoms with E-state index >= 15 is 0 Å². The molecule has 1 heterocycles. The lowest BCUT2D eigenvalue weighted by molar-refractivity contribution is -0.137. The number of benzene rings is 3. The first-order chi connectivity index (χ1) is 20.7. The van der Waals surface area contributed by atoms with Gasteiger partial charge in [0, 0.05) is 25.0 Å². The van der Waals surface area contributed by atoms with Gasteiger partial charge in [-0.3, -0.25) is 14.4 Å². The van der Waals surface area contributed by atoms with Gasteiger partial charge in [-0.2, -0.15) is 18.4 Å². The van der Waals surface area contributed by atoms with Gasteiger partial charge in [0.2, 0.25) is 0 Å². The molecule has 0 aliphatic carbocycles. The Bertz CT molecular complexity index is 1830. The zero-order valence-corrected chi connectivity index (χ0v) is 24.4. The number of amides is 2. The largest absolute Gasteiger partial charge is 0.511 e. The average Bonchev–Trinajstić information content (AvgIpc) is 2.97. The second-order valence-corrected chi connectivity index (χ2v) is 9.62. The zero-order valence-electron chi connectivity index (χ0n) is 23.6. The fourth-order valence-electron chi connectivity index (χ4n) is 4.14. The second kappa shape index (κ2) is 13.8. The van der Waals surface area contributed by atoms with E-state index in [-0.39, 0.29) is 22.0 Å². The van der Waals surface area contributed by atoms with Gasteiger partial charge in [-0.1, -0.05) is 35.9 Å². The number of allylic oxidation sites excluding steroid dienone is 1. The number of pyridine rings is 1. The predicted octanol–water partition coefficient (Wildman–Crippen LogP) is 6.56. The summed E-state index contributed by atoms with van der Waals surface area (Å²) in [6.45, 7) is 3.32. The number of aromatic nitrogens is 1. The highest BCUT2D eigenvalue weighted by atomic mass is 35.5. The number of halogens is 4. The number of aliphatic hydroxyl groups is 1. The predicted molar refractivity (Wildman–Crippen MR) is 161 cm³/mol. The lowest BCUT2D eigenvalue weighted by Gasteiger charge is -2.22. The van der Waals surface area contributed by atoms with Crippen molar-refractivity contribution in [3.8, 4) is 11.8 Å². The number of fused-ring (bicyclic) bond motifs is 1. The highest BCUT2D eigenvalue weighted by Crippen LogP contribution is 2.33. The maximum absolute atomic E-state index is 13.0. The van der Waals surface area contributed by atoms with E-state index in [1.807, 2.05) is 6.07 Å². The van der Waals surface area contributed by atoms with Crippen molar-refractivity contribution in [1.82, 2.24) is 4.57 Å². The average molecular weight is 627 g/mol. The minimum Gasteiger partial charge on any atom is -0.511 e. The molecular weight excluding hydrogens is 601 g/mol. The van der Waals surface area contributed by atoms with Crippen LogP contribution in [0.4, 0.5) is 24.5 Å². The first-order valence-corrected chi connectivity index (χ1v) is 13.3. The van der Waals surface area contributed by atoms with Crippen molar-refractivity contribution >= 4 is 45.7 Å². The number of aromatic hydroxyl groups is 1. The summed E-state index contributed by atoms with van der Waals surface area (Å²) in [6.07, 6.45) is -4.46. The molecule has 4 aromatic rings. The summed E-state index contributed by atoms with van der Waals surface area (Å²) in [5, 5.41) is 31.1. The first-order valence-electron chi connectivity index (χ1n) is 12.9. The van der Waals surface area contributed by atoms with Crippen LogP contribution in [-0.2, 0) is 18.0 Å². The number of hydrogen-bond donors (Lipinski definition) is 3. The van der Waals surface area contributed by atoms with Crippen LogP contribution >= 0.6 is 11.6 Å². The van der Waals surface area contributed by atoms with E-state index in [0.29, 0.717) is 23.1 Å². The second-order valence-electron chi connectivity index (χ2n) is 9.21. The molecule has 0 fully saturated rings. The summed E-state index contributed by atoms with van der Waals surface area (Å²) in [4.78, 5) is 38.7. The Labute approximate surface area is 254 Å². The molecule has 3 N–H and O–H groups in total. The van der Waals surface area contributed by atoms with E-state index in [0.717, 1.165) is 31.2 Å². The Morgan fingerprint density at radius 3 is 2.18 bits per heavy atom. The summed E-state index contributed by atoms with van der Waals surface area (Å²) in [5.41, 5.74) is -0.989. The number of nitrogens with zero attached hydrogens (tertiary/aromatic N) is 3. The number of nitriles is 1. The standard InChI is InChI=1S/C19H17ClN2O3.C12H9F3N2O2/c1-3-22(12-8-5-4-6-9-12)19(25)16-17(23)15-13(20)10-7-11-14(15)21(2)18(16)24;1-7(18)10(6-16)11(19)17-9-4-2-8(3-5-9)12(13,14)15/h4-11,23H,3H2,1-2H3;2-5,18H,1H3,(H,17,19)/b;10-7-. The van der Waals surface area contributed by atoms with Gasteiger partial charge >= 0.3 is 6.18 Å². The van der Waals surface area contributed by atoms with Crippen molar-refractivity contribution in [2.75, 3.05) is 16.8 Å². The number of aliphatic hydroxyl groups excluding tert-OH is 1. The van der Waals surface area contributed by atoms with Crippen LogP contribution in [0.25, 0.3) is 10.9 Å². The minimum absolute atomic E-state index is 0.0898. The van der Waals surface area contributed by atoms with Crippen LogP contribution in [-0.4, -0.2) is 33.1 Å². The number of nitrogens with one attached hydrogen (secondary N) is 1. The number of para-hydroxylation sites is 1. The Hall–Kier alpha value is -5.28. The van der Waals surface area contributed by atoms with Crippen LogP contribution in [0.15, 0.2) is 88.9 Å². The molecule has 13 heteroatoms. The third-order valence-corrected chi connectivity index (χ3v) is 6.67. The Morgan fingerprint density at radius 2 is 1.66 bits per heavy atom. The molecular formula is C31H26ClF3N4O5. The van der Waals surface area contributed by atoms with E-state index in [9.17, 15) is 32.7 Å². The Kier molecular flexibility index (Phi) is 10.4. The van der Waals surface area contributed by atoms with Gasteiger partial charge in [-0.15, -0.1) is 0 Å². The fraction of sp³-hybridized carbons (Fsp3) is 0.161. The van der Waals surface area contributed by atoms with Crippen molar-refractivity contribution in [3.63, 3.8) is 0 Å². The van der Waals surface area contributed by atoms with Crippen molar-refractivity contribution < 1.29 is 33.0 Å². The van der Waals surface area contributed by atoms with E-state index in [1.54, 1.807) is 56.4 Å². The number of alkyl halides is 3. The normalized spacial score (nSPS) is 11.5. The van der Waals surface area contributed by atoms with E-state index in [4.69, 9.17) is 22.0 Å². The van der Waals surface area contributed by atoms with Crippen LogP contribution in [0.2, 0.25) is 5.02 Å². The van der Waals surface area contributed by atoms with Gasteiger partial charge in [0.1, 0.15) is 23.1 Å². The third-order valence-electron chi connectivity index (χ3n) is 6.36. The molecule has 0 saturated carbocycles. The minimum atomic E-state index is -4.46. The summed E-state index contributed by atoms with van der Waals surface area (Å²) in [6, 6.07) is 19.2. The number of carbonyl (C=O) groups excluding carboxylic acids is 2. The summed E-state index contributed by atoms with van der Waals surface area (Å²) >= 11 is 6.19. The SMILES string of the molecule is C/C(O)=C(\C#N)C(=O)Nc1ccc(C(F)(F)F)cc1.CCN(C(=O)c1c(O)c2c(Cl)cccc2n(C)c1=O)c1ccccc1. The van der Waals surface area contributed by atoms with Crippen molar-refractivity contribution in [2.45, 2.75) is 20.0 Å². The highest BCUT2D eigenvalue weighted by molar-refractivity contribution is 6.36. The lowest BCUT2D eigenvalue weighted by Crippen LogP contribution is -2.36. The number of anilines is 2. The summed E-state index contributed by atoms with van der Waals surface area (Å²) in [7, 11) is 1.55. The molecule has 228 valence electrons. The molecule has 0 radical (unpaired) electrons. The van der Waals surface area contributed by atoms with Gasteiger partial charge in [-0.05, 0) is 62.4 Å². The smallest absolute Gasteiger partial charge is 0.416 e. The maximum atomic E-state index is 13.0. The third kappa shape index (κ3) is 7.19. The number of carbonyl (C=O) groups is 2. The molecule has 44 heavy (non-hydrogen) atoms. The molecule has 0 bridgehead atoms. The van der Waals surface area contributed by atoms with Crippen LogP contribution in [0.5, 0.6) is 5.75 Å². The summed E-state index contributed by atoms with van der Waals surface area (Å²) < 4.78 is 38.2. The van der Waals surface area contributed by atoms with Crippen LogP contribution in [0.3, 0.4) is 0 Å². The summed E-state index contributed by atoms with van der Waals surface area (Å²) in [5.74, 6) is -2.30. The van der Waals surface area contributed by atoms with Crippen LogP contribution < -0.4 is 15.8 Å². The molecule has 0 aliphatic rings. The molecule has 4 rings (SSSR count). The molecule has 2 amide bonds. The lowest BCUT2D eigenvalue weighted by atomic mass is 10.1. The van der Waals surface area contributed by atoms with Gasteiger partial charge < -0.3 is 25.0 Å². The molecule has 0 spiro atoms. The van der Waals surface area contributed by atoms with E-state index in [1.165, 1.54) is 15.5 Å². The van der Waals surface area contributed by atoms with E-state index in [2.05, 4.69) is 5.32 Å². The topological polar surface area (TPSA) is 136 Å². The molecule has 0 atom stereocenters. The number of hydrogen-bond acceptors (Lipinski definition) is 6. The van der Waals surface area contributed by atoms with Crippen molar-refractivity contribution in [2.24, 2.45) is 7.05 Å². The maximum Gasteiger partial charge on any atom is 0.416 e. The molecule has 0 aliphatic heterocycles. The van der Waals surface area contributed by atoms with Crippen molar-refractivity contribution in [1.29, 1.82) is 5.26 Å². The molecule has 0 unspecified atom stereocenters. The van der Waals surface area contributed by atoms with Gasteiger partial charge in [-0.25, -0.2) is 0 Å². The fourth-order valence-corrected chi connectivity index (χ4v) is 4.40. The zero-order chi connectivity index (χ0) is 32.8. The Balaban J connectivity index is 0.000000251. The van der Waals surface area contributed by atoms with Crippen LogP contribution in [0.1, 0.15) is 29.8 Å². The Morgan fingerprint density at radius 1 is 1.05 bits per heavy atom. The number of rotatable bonds is 5. The number of aryl methyl sites for hydroxylation is 1. The van der Waals surface area contributed by atoms with Crippen LogP contribution in [0, 0.1) is 11.3 Å². The molecule has 3 aromatic carbocycles. The molecule has 1 aromatic heterocycles. The highest BCUT2D eigenvalue weighted by Gasteiger charge is 2.30. The van der Waals surface area contributed by atoms with Crippen molar-refractivity contribution in [3.05, 3.63) is 111 Å². The first kappa shape index (κ1) is 33.2.